The number of carboxylic acids is 1. The Balaban J connectivity index is 2.14. The highest BCUT2D eigenvalue weighted by Crippen LogP contribution is 2.29. The van der Waals surface area contributed by atoms with Gasteiger partial charge in [-0.15, -0.1) is 0 Å². The van der Waals surface area contributed by atoms with E-state index >= 15 is 0 Å². The van der Waals surface area contributed by atoms with E-state index in [1.54, 1.807) is 18.3 Å². The van der Waals surface area contributed by atoms with Crippen molar-refractivity contribution in [2.45, 2.75) is 0 Å². The van der Waals surface area contributed by atoms with Gasteiger partial charge in [-0.1, -0.05) is 6.07 Å². The van der Waals surface area contributed by atoms with E-state index in [2.05, 4.69) is 9.97 Å². The second kappa shape index (κ2) is 5.45. The van der Waals surface area contributed by atoms with Gasteiger partial charge in [0.15, 0.2) is 0 Å². The van der Waals surface area contributed by atoms with E-state index in [0.717, 1.165) is 11.1 Å². The SMILES string of the molecule is COc1ncc(-c2ccc3nc(N)c(C(=O)O)cc3c2)cc1N. The third-order valence-electron chi connectivity index (χ3n) is 3.48. The number of aromatic carboxylic acids is 1. The number of carbonyl (C=O) groups is 1. The third-order valence-corrected chi connectivity index (χ3v) is 3.48. The fourth-order valence-electron chi connectivity index (χ4n) is 2.34. The second-order valence-corrected chi connectivity index (χ2v) is 4.96. The van der Waals surface area contributed by atoms with E-state index in [4.69, 9.17) is 21.3 Å². The predicted octanol–water partition coefficient (Wildman–Crippen LogP) is 2.17. The van der Waals surface area contributed by atoms with Crippen molar-refractivity contribution in [2.75, 3.05) is 18.6 Å². The van der Waals surface area contributed by atoms with Gasteiger partial charge in [-0.2, -0.15) is 0 Å². The van der Waals surface area contributed by atoms with Gasteiger partial charge in [0.2, 0.25) is 5.88 Å². The Morgan fingerprint density at radius 3 is 2.61 bits per heavy atom. The quantitative estimate of drug-likeness (QED) is 0.677. The first-order valence-electron chi connectivity index (χ1n) is 6.73. The molecule has 0 amide bonds. The largest absolute Gasteiger partial charge is 0.480 e. The van der Waals surface area contributed by atoms with Crippen LogP contribution in [-0.4, -0.2) is 28.2 Å². The summed E-state index contributed by atoms with van der Waals surface area (Å²) < 4.78 is 5.04. The fraction of sp³-hybridized carbons (Fsp3) is 0.0625. The Labute approximate surface area is 131 Å². The van der Waals surface area contributed by atoms with Crippen molar-refractivity contribution in [3.8, 4) is 17.0 Å². The maximum absolute atomic E-state index is 11.2. The summed E-state index contributed by atoms with van der Waals surface area (Å²) in [4.78, 5) is 19.4. The standard InChI is InChI=1S/C16H14N4O3/c1-23-15-12(17)6-10(7-19-15)8-2-3-13-9(4-8)5-11(16(21)22)14(18)20-13/h2-7H,17H2,1H3,(H2,18,20)(H,21,22). The average molecular weight is 310 g/mol. The van der Waals surface area contributed by atoms with Gasteiger partial charge in [0.05, 0.1) is 18.3 Å². The number of hydrogen-bond donors (Lipinski definition) is 3. The van der Waals surface area contributed by atoms with Crippen LogP contribution < -0.4 is 16.2 Å². The van der Waals surface area contributed by atoms with E-state index in [-0.39, 0.29) is 11.4 Å². The molecule has 23 heavy (non-hydrogen) atoms. The minimum absolute atomic E-state index is 0.00638. The van der Waals surface area contributed by atoms with Gasteiger partial charge < -0.3 is 21.3 Å². The zero-order valence-corrected chi connectivity index (χ0v) is 12.3. The van der Waals surface area contributed by atoms with Crippen molar-refractivity contribution >= 4 is 28.4 Å². The third kappa shape index (κ3) is 2.59. The number of aromatic nitrogens is 2. The molecule has 0 saturated carbocycles. The summed E-state index contributed by atoms with van der Waals surface area (Å²) in [6.45, 7) is 0. The number of fused-ring (bicyclic) bond motifs is 1. The molecule has 0 radical (unpaired) electrons. The van der Waals surface area contributed by atoms with Gasteiger partial charge in [-0.05, 0) is 29.8 Å². The van der Waals surface area contributed by atoms with Crippen molar-refractivity contribution in [3.05, 3.63) is 42.1 Å². The maximum Gasteiger partial charge on any atom is 0.339 e. The maximum atomic E-state index is 11.2. The smallest absolute Gasteiger partial charge is 0.339 e. The van der Waals surface area contributed by atoms with Crippen molar-refractivity contribution in [2.24, 2.45) is 0 Å². The molecule has 3 aromatic rings. The molecule has 2 heterocycles. The summed E-state index contributed by atoms with van der Waals surface area (Å²) in [6, 6.07) is 8.68. The molecule has 1 aromatic carbocycles. The minimum atomic E-state index is -1.11. The van der Waals surface area contributed by atoms with Crippen LogP contribution in [0.1, 0.15) is 10.4 Å². The van der Waals surface area contributed by atoms with Crippen LogP contribution in [0.15, 0.2) is 36.5 Å². The molecule has 5 N–H and O–H groups in total. The summed E-state index contributed by atoms with van der Waals surface area (Å²) >= 11 is 0. The number of nitrogens with two attached hydrogens (primary N) is 2. The van der Waals surface area contributed by atoms with E-state index in [1.165, 1.54) is 13.2 Å². The van der Waals surface area contributed by atoms with Crippen LogP contribution in [0, 0.1) is 0 Å². The van der Waals surface area contributed by atoms with Crippen LogP contribution in [-0.2, 0) is 0 Å². The molecule has 0 unspecified atom stereocenters. The summed E-state index contributed by atoms with van der Waals surface area (Å²) in [5, 5.41) is 9.81. The highest BCUT2D eigenvalue weighted by Gasteiger charge is 2.12. The normalized spacial score (nSPS) is 10.7. The number of pyridine rings is 2. The number of carboxylic acid groups (broad SMARTS) is 1. The first-order valence-corrected chi connectivity index (χ1v) is 6.73. The molecule has 7 heteroatoms. The predicted molar refractivity (Wildman–Crippen MR) is 87.3 cm³/mol. The first kappa shape index (κ1) is 14.6. The zero-order chi connectivity index (χ0) is 16.6. The van der Waals surface area contributed by atoms with Crippen molar-refractivity contribution in [3.63, 3.8) is 0 Å². The van der Waals surface area contributed by atoms with E-state index in [1.807, 2.05) is 12.1 Å². The summed E-state index contributed by atoms with van der Waals surface area (Å²) in [7, 11) is 1.50. The van der Waals surface area contributed by atoms with Crippen molar-refractivity contribution in [1.82, 2.24) is 9.97 Å². The van der Waals surface area contributed by atoms with Crippen LogP contribution in [0.25, 0.3) is 22.0 Å². The number of methoxy groups -OCH3 is 1. The lowest BCUT2D eigenvalue weighted by Crippen LogP contribution is -2.04. The minimum Gasteiger partial charge on any atom is -0.480 e. The van der Waals surface area contributed by atoms with Crippen LogP contribution in [0.2, 0.25) is 0 Å². The lowest BCUT2D eigenvalue weighted by Gasteiger charge is -2.08. The van der Waals surface area contributed by atoms with Crippen molar-refractivity contribution < 1.29 is 14.6 Å². The number of rotatable bonds is 3. The molecule has 0 spiro atoms. The molecule has 0 atom stereocenters. The number of ether oxygens (including phenoxy) is 1. The molecule has 0 saturated heterocycles. The molecule has 0 fully saturated rings. The molecule has 7 nitrogen and oxygen atoms in total. The van der Waals surface area contributed by atoms with E-state index in [0.29, 0.717) is 22.5 Å². The van der Waals surface area contributed by atoms with Gasteiger partial charge >= 0.3 is 5.97 Å². The van der Waals surface area contributed by atoms with Gasteiger partial charge in [0.1, 0.15) is 11.4 Å². The average Bonchev–Trinajstić information content (AvgIpc) is 2.53. The van der Waals surface area contributed by atoms with Crippen LogP contribution in [0.3, 0.4) is 0 Å². The summed E-state index contributed by atoms with van der Waals surface area (Å²) in [6.07, 6.45) is 1.64. The summed E-state index contributed by atoms with van der Waals surface area (Å²) in [5.41, 5.74) is 14.2. The number of benzene rings is 1. The highest BCUT2D eigenvalue weighted by atomic mass is 16.5. The first-order chi connectivity index (χ1) is 11.0. The van der Waals surface area contributed by atoms with Crippen LogP contribution in [0.5, 0.6) is 5.88 Å². The summed E-state index contributed by atoms with van der Waals surface area (Å²) in [5.74, 6) is -0.761. The molecular formula is C16H14N4O3. The fourth-order valence-corrected chi connectivity index (χ4v) is 2.34. The van der Waals surface area contributed by atoms with Gasteiger partial charge in [-0.25, -0.2) is 14.8 Å². The molecule has 0 aliphatic carbocycles. The Morgan fingerprint density at radius 1 is 1.17 bits per heavy atom. The Bertz CT molecular complexity index is 925. The monoisotopic (exact) mass is 310 g/mol. The molecule has 0 aliphatic rings. The van der Waals surface area contributed by atoms with Gasteiger partial charge in [0.25, 0.3) is 0 Å². The van der Waals surface area contributed by atoms with Crippen LogP contribution in [0.4, 0.5) is 11.5 Å². The Kier molecular flexibility index (Phi) is 3.46. The van der Waals surface area contributed by atoms with Gasteiger partial charge in [-0.3, -0.25) is 0 Å². The topological polar surface area (TPSA) is 124 Å². The molecule has 2 aromatic heterocycles. The Morgan fingerprint density at radius 2 is 1.96 bits per heavy atom. The number of nitrogens with zero attached hydrogens (tertiary/aromatic N) is 2. The van der Waals surface area contributed by atoms with E-state index in [9.17, 15) is 4.79 Å². The lowest BCUT2D eigenvalue weighted by atomic mass is 10.0. The Hall–Kier alpha value is -3.35. The van der Waals surface area contributed by atoms with Gasteiger partial charge in [0, 0.05) is 17.1 Å². The number of anilines is 2. The lowest BCUT2D eigenvalue weighted by molar-refractivity contribution is 0.0698. The second-order valence-electron chi connectivity index (χ2n) is 4.96. The number of nitrogen functional groups attached to an aromatic ring is 2. The molecule has 0 aliphatic heterocycles. The zero-order valence-electron chi connectivity index (χ0n) is 12.3. The molecule has 3 rings (SSSR count). The van der Waals surface area contributed by atoms with Crippen LogP contribution >= 0.6 is 0 Å². The molecule has 116 valence electrons. The number of hydrogen-bond acceptors (Lipinski definition) is 6. The molecular weight excluding hydrogens is 296 g/mol. The van der Waals surface area contributed by atoms with E-state index < -0.39 is 5.97 Å². The molecule has 0 bridgehead atoms. The van der Waals surface area contributed by atoms with Crippen molar-refractivity contribution in [1.29, 1.82) is 0 Å². The highest BCUT2D eigenvalue weighted by molar-refractivity contribution is 5.98.